The molecule has 0 atom stereocenters. The number of aromatic nitrogens is 2. The van der Waals surface area contributed by atoms with Gasteiger partial charge >= 0.3 is 6.03 Å². The number of methoxy groups -OCH3 is 2. The average molecular weight is 498 g/mol. The molecule has 0 aliphatic carbocycles. The molecule has 1 aromatic carbocycles. The van der Waals surface area contributed by atoms with E-state index in [1.807, 2.05) is 0 Å². The Labute approximate surface area is 206 Å². The van der Waals surface area contributed by atoms with Gasteiger partial charge < -0.3 is 19.3 Å². The van der Waals surface area contributed by atoms with Gasteiger partial charge in [0.25, 0.3) is 0 Å². The molecule has 11 heteroatoms. The number of pyridine rings is 1. The second-order valence-corrected chi connectivity index (χ2v) is 8.10. The van der Waals surface area contributed by atoms with E-state index in [-0.39, 0.29) is 30.5 Å². The molecular weight excluding hydrogens is 472 g/mol. The molecule has 1 aliphatic rings. The lowest BCUT2D eigenvalue weighted by Gasteiger charge is -2.37. The lowest BCUT2D eigenvalue weighted by molar-refractivity contribution is 0.248. The number of carbonyl (C=O) groups excluding carboxylic acids is 1. The molecular formula is C25H25F2N5O4. The highest BCUT2D eigenvalue weighted by atomic mass is 19.1. The van der Waals surface area contributed by atoms with Crippen LogP contribution in [0.5, 0.6) is 11.5 Å². The number of fused-ring (bicyclic) bond motifs is 1. The second-order valence-electron chi connectivity index (χ2n) is 8.10. The fourth-order valence-electron chi connectivity index (χ4n) is 4.08. The number of benzene rings is 1. The number of halogens is 2. The van der Waals surface area contributed by atoms with Gasteiger partial charge in [0.05, 0.1) is 38.3 Å². The molecule has 0 fully saturated rings. The Morgan fingerprint density at radius 2 is 1.83 bits per heavy atom. The van der Waals surface area contributed by atoms with Gasteiger partial charge in [-0.25, -0.2) is 18.6 Å². The van der Waals surface area contributed by atoms with E-state index in [1.54, 1.807) is 32.9 Å². The summed E-state index contributed by atoms with van der Waals surface area (Å²) in [6.07, 6.45) is 4.80. The number of nitrogens with one attached hydrogen (secondary N) is 1. The van der Waals surface area contributed by atoms with Crippen molar-refractivity contribution in [2.75, 3.05) is 24.0 Å². The molecule has 3 heterocycles. The van der Waals surface area contributed by atoms with Crippen molar-refractivity contribution >= 4 is 28.7 Å². The summed E-state index contributed by atoms with van der Waals surface area (Å²) in [5.74, 6) is -1.84. The van der Waals surface area contributed by atoms with E-state index in [2.05, 4.69) is 9.97 Å². The molecule has 9 nitrogen and oxygen atoms in total. The van der Waals surface area contributed by atoms with Crippen LogP contribution in [0.25, 0.3) is 5.57 Å². The average Bonchev–Trinajstić information content (AvgIpc) is 3.26. The number of oxazole rings is 1. The zero-order valence-corrected chi connectivity index (χ0v) is 20.5. The van der Waals surface area contributed by atoms with E-state index >= 15 is 8.78 Å². The van der Waals surface area contributed by atoms with Gasteiger partial charge in [-0.05, 0) is 26.8 Å². The van der Waals surface area contributed by atoms with Crippen LogP contribution >= 0.6 is 0 Å². The first-order valence-corrected chi connectivity index (χ1v) is 11.0. The van der Waals surface area contributed by atoms with E-state index < -0.39 is 23.4 Å². The van der Waals surface area contributed by atoms with Gasteiger partial charge in [-0.1, -0.05) is 6.08 Å². The van der Waals surface area contributed by atoms with E-state index in [0.29, 0.717) is 34.0 Å². The summed E-state index contributed by atoms with van der Waals surface area (Å²) in [4.78, 5) is 24.7. The first kappa shape index (κ1) is 24.8. The number of urea groups is 1. The molecule has 0 bridgehead atoms. The topological polar surface area (TPSA) is 105 Å². The fourth-order valence-corrected chi connectivity index (χ4v) is 4.08. The van der Waals surface area contributed by atoms with E-state index in [1.165, 1.54) is 31.5 Å². The molecule has 0 unspecified atom stereocenters. The summed E-state index contributed by atoms with van der Waals surface area (Å²) in [6, 6.07) is 2.04. The summed E-state index contributed by atoms with van der Waals surface area (Å²) in [5.41, 5.74) is 1.77. The van der Waals surface area contributed by atoms with Crippen molar-refractivity contribution in [3.63, 3.8) is 0 Å². The number of amides is 2. The number of ether oxygens (including phenoxy) is 2. The Morgan fingerprint density at radius 3 is 2.36 bits per heavy atom. The number of hydrogen-bond acceptors (Lipinski definition) is 7. The maximum Gasteiger partial charge on any atom is 0.329 e. The molecule has 2 aromatic heterocycles. The summed E-state index contributed by atoms with van der Waals surface area (Å²) in [5, 5.41) is 8.04. The van der Waals surface area contributed by atoms with Gasteiger partial charge in [0.2, 0.25) is 5.89 Å². The molecule has 0 radical (unpaired) electrons. The maximum atomic E-state index is 15.3. The number of nitrogens with zero attached hydrogens (tertiary/aromatic N) is 4. The monoisotopic (exact) mass is 497 g/mol. The molecule has 0 spiro atoms. The summed E-state index contributed by atoms with van der Waals surface area (Å²) in [7, 11) is 2.47. The van der Waals surface area contributed by atoms with Gasteiger partial charge in [0.1, 0.15) is 18.0 Å². The first-order chi connectivity index (χ1) is 17.2. The molecule has 1 aliphatic heterocycles. The number of carbonyl (C=O) groups is 1. The SMILES string of the molecule is C/C=C(\C(C)=N)c1cc2c(cn1)CN(c1c(F)c(OC)cc(OC)c1F)C(=O)N2Cc1ncc(C)o1. The van der Waals surface area contributed by atoms with Gasteiger partial charge in [-0.2, -0.15) is 0 Å². The Hall–Kier alpha value is -4.28. The highest BCUT2D eigenvalue weighted by Gasteiger charge is 2.37. The van der Waals surface area contributed by atoms with Crippen molar-refractivity contribution < 1.29 is 27.5 Å². The maximum absolute atomic E-state index is 15.3. The van der Waals surface area contributed by atoms with Crippen molar-refractivity contribution in [1.82, 2.24) is 9.97 Å². The molecule has 2 amide bonds. The summed E-state index contributed by atoms with van der Waals surface area (Å²) in [6.45, 7) is 4.88. The minimum atomic E-state index is -1.04. The van der Waals surface area contributed by atoms with Crippen molar-refractivity contribution in [3.8, 4) is 11.5 Å². The second kappa shape index (κ2) is 9.76. The highest BCUT2D eigenvalue weighted by molar-refractivity contribution is 6.20. The number of allylic oxidation sites excluding steroid dienone is 2. The van der Waals surface area contributed by atoms with Crippen LogP contribution in [0.2, 0.25) is 0 Å². The van der Waals surface area contributed by atoms with Crippen molar-refractivity contribution in [1.29, 1.82) is 5.41 Å². The van der Waals surface area contributed by atoms with Crippen LogP contribution in [0, 0.1) is 24.0 Å². The molecule has 188 valence electrons. The van der Waals surface area contributed by atoms with Crippen LogP contribution < -0.4 is 19.3 Å². The fraction of sp³-hybridized carbons (Fsp3) is 0.280. The van der Waals surface area contributed by atoms with Gasteiger partial charge in [-0.15, -0.1) is 0 Å². The molecule has 1 N–H and O–H groups in total. The van der Waals surface area contributed by atoms with Gasteiger partial charge in [0.15, 0.2) is 23.1 Å². The highest BCUT2D eigenvalue weighted by Crippen LogP contribution is 2.41. The molecule has 0 saturated carbocycles. The van der Waals surface area contributed by atoms with Gasteiger partial charge in [0, 0.05) is 29.1 Å². The van der Waals surface area contributed by atoms with Crippen LogP contribution in [0.4, 0.5) is 25.0 Å². The minimum absolute atomic E-state index is 0.0985. The van der Waals surface area contributed by atoms with Crippen LogP contribution in [0.3, 0.4) is 0 Å². The lowest BCUT2D eigenvalue weighted by atomic mass is 10.0. The van der Waals surface area contributed by atoms with E-state index in [9.17, 15) is 4.79 Å². The Balaban J connectivity index is 1.89. The quantitative estimate of drug-likeness (QED) is 0.447. The summed E-state index contributed by atoms with van der Waals surface area (Å²) >= 11 is 0. The van der Waals surface area contributed by atoms with Gasteiger partial charge in [-0.3, -0.25) is 14.8 Å². The predicted octanol–water partition coefficient (Wildman–Crippen LogP) is 5.26. The van der Waals surface area contributed by atoms with Crippen LogP contribution in [0.1, 0.15) is 36.8 Å². The third kappa shape index (κ3) is 4.28. The molecule has 0 saturated heterocycles. The third-order valence-corrected chi connectivity index (χ3v) is 5.79. The Morgan fingerprint density at radius 1 is 1.17 bits per heavy atom. The first-order valence-electron chi connectivity index (χ1n) is 11.0. The van der Waals surface area contributed by atoms with Crippen molar-refractivity contribution in [3.05, 3.63) is 65.1 Å². The summed E-state index contributed by atoms with van der Waals surface area (Å²) < 4.78 is 46.3. The normalized spacial score (nSPS) is 13.6. The molecule has 3 aromatic rings. The largest absolute Gasteiger partial charge is 0.493 e. The van der Waals surface area contributed by atoms with Crippen LogP contribution in [0.15, 0.2) is 35.0 Å². The molecule has 4 rings (SSSR count). The minimum Gasteiger partial charge on any atom is -0.493 e. The number of aryl methyl sites for hydroxylation is 1. The number of rotatable bonds is 7. The number of anilines is 2. The lowest BCUT2D eigenvalue weighted by Crippen LogP contribution is -2.48. The van der Waals surface area contributed by atoms with E-state index in [0.717, 1.165) is 11.0 Å². The Bertz CT molecular complexity index is 1360. The van der Waals surface area contributed by atoms with Crippen molar-refractivity contribution in [2.45, 2.75) is 33.9 Å². The predicted molar refractivity (Wildman–Crippen MR) is 130 cm³/mol. The smallest absolute Gasteiger partial charge is 0.329 e. The standard InChI is InChI=1S/C25H25F2N5O4/c1-6-16(14(3)28)17-7-18-15(10-29-17)11-32(25(33)31(18)12-21-30-9-13(2)36-21)24-22(26)19(34-4)8-20(35-5)23(24)27/h6-10,28H,11-12H2,1-5H3/b16-6+,28-14?. The zero-order chi connectivity index (χ0) is 26.1. The molecule has 36 heavy (non-hydrogen) atoms. The third-order valence-electron chi connectivity index (χ3n) is 5.79. The zero-order valence-electron chi connectivity index (χ0n) is 20.5. The Kier molecular flexibility index (Phi) is 6.73. The van der Waals surface area contributed by atoms with Crippen LogP contribution in [-0.2, 0) is 13.1 Å². The number of hydrogen-bond donors (Lipinski definition) is 1. The van der Waals surface area contributed by atoms with Crippen molar-refractivity contribution in [2.24, 2.45) is 0 Å². The van der Waals surface area contributed by atoms with Crippen LogP contribution in [-0.4, -0.2) is 35.9 Å². The van der Waals surface area contributed by atoms with E-state index in [4.69, 9.17) is 19.3 Å².